The minimum absolute atomic E-state index is 0.164. The van der Waals surface area contributed by atoms with Gasteiger partial charge in [-0.15, -0.1) is 5.10 Å². The van der Waals surface area contributed by atoms with Gasteiger partial charge in [0.15, 0.2) is 5.69 Å². The van der Waals surface area contributed by atoms with Gasteiger partial charge in [-0.1, -0.05) is 23.4 Å². The Hall–Kier alpha value is -2.70. The van der Waals surface area contributed by atoms with E-state index in [9.17, 15) is 14.7 Å². The van der Waals surface area contributed by atoms with Crippen molar-refractivity contribution in [3.63, 3.8) is 0 Å². The van der Waals surface area contributed by atoms with E-state index < -0.39 is 12.0 Å². The number of aliphatic carboxylic acids is 1. The number of nitrogens with zero attached hydrogens (tertiary/aromatic N) is 4. The van der Waals surface area contributed by atoms with Crippen LogP contribution >= 0.6 is 0 Å². The minimum Gasteiger partial charge on any atom is -0.480 e. The highest BCUT2D eigenvalue weighted by Gasteiger charge is 2.33. The molecule has 1 N–H and O–H groups in total. The number of para-hydroxylation sites is 1. The quantitative estimate of drug-likeness (QED) is 0.924. The van der Waals surface area contributed by atoms with E-state index in [1.807, 2.05) is 30.3 Å². The summed E-state index contributed by atoms with van der Waals surface area (Å²) in [5.74, 6) is -1.35. The lowest BCUT2D eigenvalue weighted by molar-refractivity contribution is -0.143. The molecule has 1 aromatic carbocycles. The van der Waals surface area contributed by atoms with E-state index in [0.717, 1.165) is 18.5 Å². The first kappa shape index (κ1) is 14.2. The zero-order valence-corrected chi connectivity index (χ0v) is 11.9. The molecule has 0 spiro atoms. The van der Waals surface area contributed by atoms with Gasteiger partial charge in [-0.3, -0.25) is 4.79 Å². The Kier molecular flexibility index (Phi) is 3.86. The number of aromatic nitrogens is 3. The van der Waals surface area contributed by atoms with E-state index in [2.05, 4.69) is 10.3 Å². The predicted octanol–water partition coefficient (Wildman–Crippen LogP) is 1.35. The second kappa shape index (κ2) is 5.97. The molecule has 7 heteroatoms. The van der Waals surface area contributed by atoms with E-state index >= 15 is 0 Å². The van der Waals surface area contributed by atoms with Gasteiger partial charge in [-0.2, -0.15) is 0 Å². The summed E-state index contributed by atoms with van der Waals surface area (Å²) in [6, 6.07) is 8.54. The van der Waals surface area contributed by atoms with Crippen LogP contribution in [0.4, 0.5) is 0 Å². The molecule has 1 saturated heterocycles. The lowest BCUT2D eigenvalue weighted by Gasteiger charge is -2.32. The average Bonchev–Trinajstić information content (AvgIpc) is 3.05. The van der Waals surface area contributed by atoms with Gasteiger partial charge < -0.3 is 10.0 Å². The molecule has 0 bridgehead atoms. The van der Waals surface area contributed by atoms with Crippen LogP contribution in [0.1, 0.15) is 29.8 Å². The van der Waals surface area contributed by atoms with Gasteiger partial charge in [0.1, 0.15) is 6.04 Å². The average molecular weight is 300 g/mol. The van der Waals surface area contributed by atoms with Crippen molar-refractivity contribution >= 4 is 11.9 Å². The van der Waals surface area contributed by atoms with Crippen LogP contribution in [0.2, 0.25) is 0 Å². The molecule has 2 aromatic rings. The molecule has 1 amide bonds. The molecule has 0 unspecified atom stereocenters. The second-order valence-corrected chi connectivity index (χ2v) is 5.23. The molecule has 0 aliphatic carbocycles. The standard InChI is InChI=1S/C15H16N4O3/c20-14(18-9-5-4-8-13(18)15(21)22)12-10-19(17-16-12)11-6-2-1-3-7-11/h1-3,6-7,10,13H,4-5,8-9H2,(H,21,22)/t13-/m1/s1. The number of likely N-dealkylation sites (tertiary alicyclic amines) is 1. The molecule has 7 nitrogen and oxygen atoms in total. The number of carboxylic acids is 1. The Balaban J connectivity index is 1.83. The van der Waals surface area contributed by atoms with E-state index in [-0.39, 0.29) is 11.6 Å². The maximum atomic E-state index is 12.5. The normalized spacial score (nSPS) is 18.2. The largest absolute Gasteiger partial charge is 0.480 e. The molecule has 2 heterocycles. The van der Waals surface area contributed by atoms with Gasteiger partial charge in [-0.25, -0.2) is 9.48 Å². The number of carbonyl (C=O) groups is 2. The van der Waals surface area contributed by atoms with Gasteiger partial charge in [0.05, 0.1) is 11.9 Å². The predicted molar refractivity (Wildman–Crippen MR) is 77.7 cm³/mol. The van der Waals surface area contributed by atoms with E-state index in [1.165, 1.54) is 15.8 Å². The van der Waals surface area contributed by atoms with Crippen molar-refractivity contribution in [2.75, 3.05) is 6.54 Å². The summed E-state index contributed by atoms with van der Waals surface area (Å²) in [6.45, 7) is 0.438. The van der Waals surface area contributed by atoms with Crippen molar-refractivity contribution in [2.24, 2.45) is 0 Å². The summed E-state index contributed by atoms with van der Waals surface area (Å²) in [5, 5.41) is 17.1. The maximum Gasteiger partial charge on any atom is 0.326 e. The maximum absolute atomic E-state index is 12.5. The third kappa shape index (κ3) is 2.69. The summed E-state index contributed by atoms with van der Waals surface area (Å²) >= 11 is 0. The lowest BCUT2D eigenvalue weighted by atomic mass is 10.0. The van der Waals surface area contributed by atoms with Gasteiger partial charge in [0.2, 0.25) is 0 Å². The molecule has 114 valence electrons. The van der Waals surface area contributed by atoms with Crippen molar-refractivity contribution in [3.8, 4) is 5.69 Å². The highest BCUT2D eigenvalue weighted by atomic mass is 16.4. The molecule has 0 saturated carbocycles. The van der Waals surface area contributed by atoms with Gasteiger partial charge in [0, 0.05) is 6.54 Å². The third-order valence-electron chi connectivity index (χ3n) is 3.78. The van der Waals surface area contributed by atoms with Crippen LogP contribution in [-0.4, -0.2) is 49.5 Å². The van der Waals surface area contributed by atoms with Crippen molar-refractivity contribution in [3.05, 3.63) is 42.2 Å². The Morgan fingerprint density at radius 2 is 1.95 bits per heavy atom. The fraction of sp³-hybridized carbons (Fsp3) is 0.333. The number of hydrogen-bond donors (Lipinski definition) is 1. The smallest absolute Gasteiger partial charge is 0.326 e. The zero-order chi connectivity index (χ0) is 15.5. The molecule has 3 rings (SSSR count). The molecule has 1 aliphatic heterocycles. The van der Waals surface area contributed by atoms with Crippen molar-refractivity contribution in [2.45, 2.75) is 25.3 Å². The van der Waals surface area contributed by atoms with Gasteiger partial charge >= 0.3 is 5.97 Å². The van der Waals surface area contributed by atoms with Crippen LogP contribution in [0.3, 0.4) is 0 Å². The van der Waals surface area contributed by atoms with Gasteiger partial charge in [0.25, 0.3) is 5.91 Å². The molecular weight excluding hydrogens is 284 g/mol. The highest BCUT2D eigenvalue weighted by Crippen LogP contribution is 2.19. The Morgan fingerprint density at radius 3 is 2.68 bits per heavy atom. The summed E-state index contributed by atoms with van der Waals surface area (Å²) in [4.78, 5) is 25.2. The lowest BCUT2D eigenvalue weighted by Crippen LogP contribution is -2.48. The number of hydrogen-bond acceptors (Lipinski definition) is 4. The number of piperidine rings is 1. The minimum atomic E-state index is -0.969. The van der Waals surface area contributed by atoms with Crippen LogP contribution in [0.15, 0.2) is 36.5 Å². The first-order valence-corrected chi connectivity index (χ1v) is 7.18. The summed E-state index contributed by atoms with van der Waals surface area (Å²) in [5.41, 5.74) is 0.958. The van der Waals surface area contributed by atoms with Crippen LogP contribution in [-0.2, 0) is 4.79 Å². The monoisotopic (exact) mass is 300 g/mol. The van der Waals surface area contributed by atoms with E-state index in [1.54, 1.807) is 0 Å². The number of carbonyl (C=O) groups excluding carboxylic acids is 1. The topological polar surface area (TPSA) is 88.3 Å². The molecule has 0 radical (unpaired) electrons. The highest BCUT2D eigenvalue weighted by molar-refractivity contribution is 5.94. The Morgan fingerprint density at radius 1 is 1.18 bits per heavy atom. The number of benzene rings is 1. The first-order valence-electron chi connectivity index (χ1n) is 7.18. The van der Waals surface area contributed by atoms with E-state index in [0.29, 0.717) is 13.0 Å². The summed E-state index contributed by atoms with van der Waals surface area (Å²) in [7, 11) is 0. The second-order valence-electron chi connectivity index (χ2n) is 5.23. The fourth-order valence-electron chi connectivity index (χ4n) is 2.65. The van der Waals surface area contributed by atoms with Crippen LogP contribution < -0.4 is 0 Å². The molecule has 1 aromatic heterocycles. The Labute approximate surface area is 127 Å². The zero-order valence-electron chi connectivity index (χ0n) is 11.9. The van der Waals surface area contributed by atoms with Crippen LogP contribution in [0, 0.1) is 0 Å². The van der Waals surface area contributed by atoms with E-state index in [4.69, 9.17) is 0 Å². The molecule has 1 fully saturated rings. The van der Waals surface area contributed by atoms with Crippen molar-refractivity contribution in [1.29, 1.82) is 0 Å². The number of amides is 1. The SMILES string of the molecule is O=C(O)[C@H]1CCCCN1C(=O)c1cn(-c2ccccc2)nn1. The van der Waals surface area contributed by atoms with Crippen molar-refractivity contribution < 1.29 is 14.7 Å². The Bertz CT molecular complexity index is 683. The molecule has 22 heavy (non-hydrogen) atoms. The molecule has 1 atom stereocenters. The van der Waals surface area contributed by atoms with Crippen LogP contribution in [0.5, 0.6) is 0 Å². The third-order valence-corrected chi connectivity index (χ3v) is 3.78. The number of carboxylic acid groups (broad SMARTS) is 1. The fourth-order valence-corrected chi connectivity index (χ4v) is 2.65. The first-order chi connectivity index (χ1) is 10.7. The number of rotatable bonds is 3. The van der Waals surface area contributed by atoms with Gasteiger partial charge in [-0.05, 0) is 31.4 Å². The molecular formula is C15H16N4O3. The molecule has 1 aliphatic rings. The van der Waals surface area contributed by atoms with Crippen molar-refractivity contribution in [1.82, 2.24) is 19.9 Å². The summed E-state index contributed by atoms with van der Waals surface area (Å²) < 4.78 is 1.51. The van der Waals surface area contributed by atoms with Crippen LogP contribution in [0.25, 0.3) is 5.69 Å². The summed E-state index contributed by atoms with van der Waals surface area (Å²) in [6.07, 6.45) is 3.64.